The summed E-state index contributed by atoms with van der Waals surface area (Å²) in [5.74, 6) is -0.679. The first-order valence-electron chi connectivity index (χ1n) is 7.35. The highest BCUT2D eigenvalue weighted by Crippen LogP contribution is 2.21. The van der Waals surface area contributed by atoms with Crippen LogP contribution in [0.4, 0.5) is 0 Å². The van der Waals surface area contributed by atoms with E-state index in [2.05, 4.69) is 0 Å². The number of hydrogen-bond acceptors (Lipinski definition) is 3. The molecule has 118 valence electrons. The van der Waals surface area contributed by atoms with E-state index >= 15 is 0 Å². The number of likely N-dealkylation sites (tertiary alicyclic amines) is 1. The number of aliphatic carboxylic acids is 1. The number of benzene rings is 1. The van der Waals surface area contributed by atoms with Crippen LogP contribution in [0.1, 0.15) is 25.3 Å². The van der Waals surface area contributed by atoms with Gasteiger partial charge < -0.3 is 14.7 Å². The van der Waals surface area contributed by atoms with E-state index in [1.807, 2.05) is 31.2 Å². The first-order valence-corrected chi connectivity index (χ1v) is 7.35. The Balaban J connectivity index is 2.10. The Hall–Kier alpha value is -2.30. The lowest BCUT2D eigenvalue weighted by Gasteiger charge is -2.30. The number of nitrogens with zero attached hydrogens (tertiary/aromatic N) is 1. The highest BCUT2D eigenvalue weighted by molar-refractivity contribution is 5.95. The predicted molar refractivity (Wildman–Crippen MR) is 83.6 cm³/mol. The maximum absolute atomic E-state index is 12.3. The average Bonchev–Trinajstić information content (AvgIpc) is 2.54. The maximum atomic E-state index is 12.3. The lowest BCUT2D eigenvalue weighted by atomic mass is 9.98. The van der Waals surface area contributed by atoms with Crippen molar-refractivity contribution in [2.24, 2.45) is 5.92 Å². The summed E-state index contributed by atoms with van der Waals surface area (Å²) in [5, 5.41) is 9.09. The van der Waals surface area contributed by atoms with Gasteiger partial charge >= 0.3 is 5.97 Å². The second kappa shape index (κ2) is 7.11. The first-order chi connectivity index (χ1) is 10.5. The van der Waals surface area contributed by atoms with Crippen LogP contribution < -0.4 is 4.74 Å². The minimum absolute atomic E-state index is 0.133. The Kier molecular flexibility index (Phi) is 5.20. The Labute approximate surface area is 130 Å². The molecule has 0 saturated carbocycles. The zero-order chi connectivity index (χ0) is 16.1. The monoisotopic (exact) mass is 303 g/mol. The molecule has 1 aliphatic heterocycles. The van der Waals surface area contributed by atoms with Crippen LogP contribution in [0.3, 0.4) is 0 Å². The summed E-state index contributed by atoms with van der Waals surface area (Å²) in [6.45, 7) is 2.77. The number of rotatable bonds is 4. The van der Waals surface area contributed by atoms with Crippen molar-refractivity contribution in [2.75, 3.05) is 20.2 Å². The number of carbonyl (C=O) groups is 2. The summed E-state index contributed by atoms with van der Waals surface area (Å²) in [6.07, 6.45) is 2.94. The van der Waals surface area contributed by atoms with Crippen LogP contribution in [-0.2, 0) is 9.59 Å². The second-order valence-corrected chi connectivity index (χ2v) is 5.52. The van der Waals surface area contributed by atoms with E-state index in [0.29, 0.717) is 13.0 Å². The molecule has 1 saturated heterocycles. The molecule has 1 amide bonds. The molecule has 22 heavy (non-hydrogen) atoms. The highest BCUT2D eigenvalue weighted by atomic mass is 16.5. The Bertz CT molecular complexity index is 594. The van der Waals surface area contributed by atoms with Crippen molar-refractivity contribution >= 4 is 17.4 Å². The number of carbonyl (C=O) groups excluding carboxylic acids is 1. The van der Waals surface area contributed by atoms with Crippen molar-refractivity contribution in [1.82, 2.24) is 4.90 Å². The number of piperidine rings is 1. The van der Waals surface area contributed by atoms with Gasteiger partial charge in [0.1, 0.15) is 5.75 Å². The Morgan fingerprint density at radius 2 is 2.18 bits per heavy atom. The van der Waals surface area contributed by atoms with Crippen molar-refractivity contribution in [3.63, 3.8) is 0 Å². The van der Waals surface area contributed by atoms with Crippen LogP contribution >= 0.6 is 0 Å². The van der Waals surface area contributed by atoms with E-state index in [1.54, 1.807) is 18.1 Å². The molecule has 1 unspecified atom stereocenters. The lowest BCUT2D eigenvalue weighted by molar-refractivity contribution is -0.144. The third-order valence-corrected chi connectivity index (χ3v) is 3.95. The fraction of sp³-hybridized carbons (Fsp3) is 0.412. The predicted octanol–water partition coefficient (Wildman–Crippen LogP) is 2.42. The van der Waals surface area contributed by atoms with Crippen LogP contribution in [0.2, 0.25) is 0 Å². The third kappa shape index (κ3) is 3.87. The Morgan fingerprint density at radius 1 is 1.41 bits per heavy atom. The van der Waals surface area contributed by atoms with Gasteiger partial charge in [-0.2, -0.15) is 0 Å². The van der Waals surface area contributed by atoms with Gasteiger partial charge in [0.2, 0.25) is 5.91 Å². The molecule has 0 radical (unpaired) electrons. The van der Waals surface area contributed by atoms with Gasteiger partial charge in [-0.05, 0) is 43.0 Å². The second-order valence-electron chi connectivity index (χ2n) is 5.52. The zero-order valence-corrected chi connectivity index (χ0v) is 12.9. The van der Waals surface area contributed by atoms with Gasteiger partial charge in [0, 0.05) is 19.2 Å². The van der Waals surface area contributed by atoms with E-state index < -0.39 is 11.9 Å². The molecule has 1 aliphatic rings. The molecular formula is C17H21NO4. The summed E-state index contributed by atoms with van der Waals surface area (Å²) in [5.41, 5.74) is 1.75. The van der Waals surface area contributed by atoms with Gasteiger partial charge in [0.25, 0.3) is 0 Å². The molecule has 5 nitrogen and oxygen atoms in total. The van der Waals surface area contributed by atoms with Crippen LogP contribution in [0.15, 0.2) is 30.3 Å². The fourth-order valence-corrected chi connectivity index (χ4v) is 2.61. The molecule has 5 heteroatoms. The average molecular weight is 303 g/mol. The normalized spacial score (nSPS) is 18.9. The quantitative estimate of drug-likeness (QED) is 0.868. The van der Waals surface area contributed by atoms with Crippen molar-refractivity contribution in [3.05, 3.63) is 35.9 Å². The molecule has 1 aromatic rings. The minimum Gasteiger partial charge on any atom is -0.497 e. The van der Waals surface area contributed by atoms with Gasteiger partial charge in [-0.1, -0.05) is 12.1 Å². The number of carboxylic acids is 1. The number of ether oxygens (including phenoxy) is 1. The van der Waals surface area contributed by atoms with Crippen molar-refractivity contribution in [1.29, 1.82) is 0 Å². The molecule has 0 bridgehead atoms. The Morgan fingerprint density at radius 3 is 2.86 bits per heavy atom. The summed E-state index contributed by atoms with van der Waals surface area (Å²) in [4.78, 5) is 25.0. The zero-order valence-electron chi connectivity index (χ0n) is 12.9. The van der Waals surface area contributed by atoms with Gasteiger partial charge in [0.15, 0.2) is 0 Å². The molecule has 0 aliphatic carbocycles. The van der Waals surface area contributed by atoms with Crippen molar-refractivity contribution in [2.45, 2.75) is 19.8 Å². The number of hydrogen-bond donors (Lipinski definition) is 1. The molecule has 2 rings (SSSR count). The van der Waals surface area contributed by atoms with Gasteiger partial charge in [-0.25, -0.2) is 0 Å². The SMILES string of the molecule is COc1cccc(C(C)=CC(=O)N2CCCC(C(=O)O)C2)c1. The topological polar surface area (TPSA) is 66.8 Å². The summed E-state index contributed by atoms with van der Waals surface area (Å²) < 4.78 is 5.18. The van der Waals surface area contributed by atoms with Crippen LogP contribution in [0.25, 0.3) is 5.57 Å². The standard InChI is InChI=1S/C17H21NO4/c1-12(13-5-3-7-15(10-13)22-2)9-16(19)18-8-4-6-14(11-18)17(20)21/h3,5,7,9-10,14H,4,6,8,11H2,1-2H3,(H,20,21). The molecule has 0 aromatic heterocycles. The first kappa shape index (κ1) is 16.1. The lowest BCUT2D eigenvalue weighted by Crippen LogP contribution is -2.41. The molecule has 1 N–H and O–H groups in total. The smallest absolute Gasteiger partial charge is 0.308 e. The maximum Gasteiger partial charge on any atom is 0.308 e. The summed E-state index contributed by atoms with van der Waals surface area (Å²) >= 11 is 0. The molecule has 0 spiro atoms. The molecule has 1 fully saturated rings. The van der Waals surface area contributed by atoms with E-state index in [1.165, 1.54) is 0 Å². The molecule has 1 atom stereocenters. The number of carboxylic acid groups (broad SMARTS) is 1. The number of amides is 1. The molecule has 1 heterocycles. The van der Waals surface area contributed by atoms with E-state index in [4.69, 9.17) is 9.84 Å². The summed E-state index contributed by atoms with van der Waals surface area (Å²) in [7, 11) is 1.60. The largest absolute Gasteiger partial charge is 0.497 e. The van der Waals surface area contributed by atoms with Crippen molar-refractivity contribution in [3.8, 4) is 5.75 Å². The van der Waals surface area contributed by atoms with E-state index in [-0.39, 0.29) is 12.5 Å². The fourth-order valence-electron chi connectivity index (χ4n) is 2.61. The van der Waals surface area contributed by atoms with Gasteiger partial charge in [-0.3, -0.25) is 9.59 Å². The molecule has 1 aromatic carbocycles. The molecular weight excluding hydrogens is 282 g/mol. The van der Waals surface area contributed by atoms with E-state index in [9.17, 15) is 9.59 Å². The summed E-state index contributed by atoms with van der Waals surface area (Å²) in [6, 6.07) is 7.51. The van der Waals surface area contributed by atoms with Crippen LogP contribution in [-0.4, -0.2) is 42.1 Å². The highest BCUT2D eigenvalue weighted by Gasteiger charge is 2.27. The number of allylic oxidation sites excluding steroid dienone is 1. The van der Waals surface area contributed by atoms with Crippen LogP contribution in [0.5, 0.6) is 5.75 Å². The van der Waals surface area contributed by atoms with Gasteiger partial charge in [0.05, 0.1) is 13.0 Å². The third-order valence-electron chi connectivity index (χ3n) is 3.95. The van der Waals surface area contributed by atoms with Crippen LogP contribution in [0, 0.1) is 5.92 Å². The van der Waals surface area contributed by atoms with Crippen molar-refractivity contribution < 1.29 is 19.4 Å². The van der Waals surface area contributed by atoms with E-state index in [0.717, 1.165) is 23.3 Å². The number of methoxy groups -OCH3 is 1. The van der Waals surface area contributed by atoms with Gasteiger partial charge in [-0.15, -0.1) is 0 Å². The minimum atomic E-state index is -0.828.